The van der Waals surface area contributed by atoms with Gasteiger partial charge in [-0.05, 0) is 75.5 Å². The normalized spacial score (nSPS) is 11.9. The van der Waals surface area contributed by atoms with Gasteiger partial charge in [0.2, 0.25) is 0 Å². The number of anilines is 3. The van der Waals surface area contributed by atoms with Gasteiger partial charge in [0.1, 0.15) is 0 Å². The van der Waals surface area contributed by atoms with E-state index in [2.05, 4.69) is 191 Å². The Morgan fingerprint density at radius 3 is 1.94 bits per heavy atom. The summed E-state index contributed by atoms with van der Waals surface area (Å²) in [5.74, 6) is 0. The second-order valence-electron chi connectivity index (χ2n) is 13.3. The summed E-state index contributed by atoms with van der Waals surface area (Å²) in [6, 6.07) is 66.8. The van der Waals surface area contributed by atoms with Crippen molar-refractivity contribution >= 4 is 103 Å². The fraction of sp³-hybridized carbons (Fsp3) is 0. The van der Waals surface area contributed by atoms with Gasteiger partial charge in [-0.1, -0.05) is 133 Å². The van der Waals surface area contributed by atoms with Crippen LogP contribution >= 0.6 is 11.3 Å². The molecular formula is C48H30N2S. The smallest absolute Gasteiger partial charge is 0.0640 e. The summed E-state index contributed by atoms with van der Waals surface area (Å²) in [5.41, 5.74) is 7.02. The molecule has 0 saturated heterocycles. The highest BCUT2D eigenvalue weighted by atomic mass is 32.1. The Hall–Kier alpha value is -6.42. The zero-order valence-electron chi connectivity index (χ0n) is 27.6. The fourth-order valence-corrected chi connectivity index (χ4v) is 9.52. The Bertz CT molecular complexity index is 3150. The Kier molecular flexibility index (Phi) is 6.16. The molecule has 11 aromatic rings. The summed E-state index contributed by atoms with van der Waals surface area (Å²) in [6.07, 6.45) is 0. The number of aromatic nitrogens is 1. The second kappa shape index (κ2) is 11.0. The lowest BCUT2D eigenvalue weighted by Crippen LogP contribution is -2.11. The van der Waals surface area contributed by atoms with Crippen molar-refractivity contribution in [2.24, 2.45) is 0 Å². The van der Waals surface area contributed by atoms with Gasteiger partial charge in [-0.15, -0.1) is 11.3 Å². The van der Waals surface area contributed by atoms with Crippen LogP contribution in [-0.2, 0) is 0 Å². The monoisotopic (exact) mass is 666 g/mol. The van der Waals surface area contributed by atoms with Crippen LogP contribution in [0, 0.1) is 0 Å². The van der Waals surface area contributed by atoms with E-state index in [1.807, 2.05) is 11.3 Å². The summed E-state index contributed by atoms with van der Waals surface area (Å²) in [5, 5.41) is 12.6. The molecule has 0 spiro atoms. The molecule has 0 bridgehead atoms. The molecule has 0 aliphatic carbocycles. The first kappa shape index (κ1) is 28.4. The number of para-hydroxylation sites is 2. The number of thiophene rings is 1. The molecule has 2 aromatic heterocycles. The highest BCUT2D eigenvalue weighted by Crippen LogP contribution is 2.49. The third kappa shape index (κ3) is 4.22. The first-order valence-electron chi connectivity index (χ1n) is 17.4. The minimum absolute atomic E-state index is 1.12. The fourth-order valence-electron chi connectivity index (χ4n) is 8.31. The van der Waals surface area contributed by atoms with Crippen LogP contribution in [0.3, 0.4) is 0 Å². The van der Waals surface area contributed by atoms with Crippen LogP contribution in [0.2, 0.25) is 0 Å². The van der Waals surface area contributed by atoms with E-state index in [0.29, 0.717) is 0 Å². The molecule has 2 heterocycles. The molecule has 0 fully saturated rings. The van der Waals surface area contributed by atoms with E-state index in [9.17, 15) is 0 Å². The van der Waals surface area contributed by atoms with Crippen molar-refractivity contribution in [1.29, 1.82) is 0 Å². The SMILES string of the molecule is c1ccc(-n2c3ccccc3c3ccc(N(c4cc5ccc6ccccc6c5c5ccccc45)c4cccc5c4sc4ccccc45)cc32)cc1. The zero-order chi connectivity index (χ0) is 33.5. The first-order valence-corrected chi connectivity index (χ1v) is 18.3. The van der Waals surface area contributed by atoms with Crippen molar-refractivity contribution < 1.29 is 0 Å². The van der Waals surface area contributed by atoms with Crippen LogP contribution in [0.5, 0.6) is 0 Å². The van der Waals surface area contributed by atoms with Gasteiger partial charge in [0.25, 0.3) is 0 Å². The van der Waals surface area contributed by atoms with Gasteiger partial charge in [0.05, 0.1) is 27.1 Å². The zero-order valence-corrected chi connectivity index (χ0v) is 28.4. The van der Waals surface area contributed by atoms with E-state index in [1.54, 1.807) is 0 Å². The van der Waals surface area contributed by atoms with Gasteiger partial charge < -0.3 is 9.47 Å². The van der Waals surface area contributed by atoms with E-state index in [1.165, 1.54) is 85.7 Å². The Morgan fingerprint density at radius 2 is 1.06 bits per heavy atom. The standard InChI is InChI=1S/C48H30N2S/c1-2-14-33(15-3-1)49-42-22-10-8-17-36(42)38-28-27-34(30-45(38)49)50(43-23-12-21-41-39-19-9-11-24-46(39)51-48(41)43)44-29-32-26-25-31-13-4-5-16-35(31)47(32)40-20-7-6-18-37(40)44/h1-30H. The van der Waals surface area contributed by atoms with Crippen molar-refractivity contribution in [3.63, 3.8) is 0 Å². The van der Waals surface area contributed by atoms with Gasteiger partial charge in [0.15, 0.2) is 0 Å². The van der Waals surface area contributed by atoms with Crippen molar-refractivity contribution in [2.45, 2.75) is 0 Å². The Labute approximate surface area is 298 Å². The molecule has 2 nitrogen and oxygen atoms in total. The predicted molar refractivity (Wildman–Crippen MR) is 221 cm³/mol. The van der Waals surface area contributed by atoms with Crippen LogP contribution in [-0.4, -0.2) is 4.57 Å². The predicted octanol–water partition coefficient (Wildman–Crippen LogP) is 14.1. The molecule has 0 radical (unpaired) electrons. The maximum atomic E-state index is 2.51. The number of rotatable bonds is 4. The summed E-state index contributed by atoms with van der Waals surface area (Å²) < 4.78 is 5.00. The van der Waals surface area contributed by atoms with Gasteiger partial charge in [-0.2, -0.15) is 0 Å². The molecule has 0 aliphatic rings. The van der Waals surface area contributed by atoms with Crippen molar-refractivity contribution in [3.05, 3.63) is 182 Å². The van der Waals surface area contributed by atoms with E-state index in [0.717, 1.165) is 11.4 Å². The lowest BCUT2D eigenvalue weighted by atomic mass is 9.94. The molecule has 0 aliphatic heterocycles. The molecule has 0 N–H and O–H groups in total. The molecule has 3 heteroatoms. The molecule has 11 rings (SSSR count). The lowest BCUT2D eigenvalue weighted by molar-refractivity contribution is 1.18. The molecular weight excluding hydrogens is 637 g/mol. The van der Waals surface area contributed by atoms with Crippen LogP contribution < -0.4 is 4.90 Å². The minimum Gasteiger partial charge on any atom is -0.309 e. The molecule has 51 heavy (non-hydrogen) atoms. The van der Waals surface area contributed by atoms with E-state index in [4.69, 9.17) is 0 Å². The highest BCUT2D eigenvalue weighted by Gasteiger charge is 2.23. The second-order valence-corrected chi connectivity index (χ2v) is 14.4. The van der Waals surface area contributed by atoms with Crippen LogP contribution in [0.15, 0.2) is 182 Å². The van der Waals surface area contributed by atoms with Gasteiger partial charge in [0, 0.05) is 43.0 Å². The summed E-state index contributed by atoms with van der Waals surface area (Å²) >= 11 is 1.88. The number of fused-ring (bicyclic) bond motifs is 11. The molecule has 0 amide bonds. The topological polar surface area (TPSA) is 8.17 Å². The third-order valence-corrected chi connectivity index (χ3v) is 11.7. The van der Waals surface area contributed by atoms with E-state index >= 15 is 0 Å². The van der Waals surface area contributed by atoms with Crippen LogP contribution in [0.1, 0.15) is 0 Å². The number of hydrogen-bond acceptors (Lipinski definition) is 2. The van der Waals surface area contributed by atoms with E-state index in [-0.39, 0.29) is 0 Å². The molecule has 0 saturated carbocycles. The Balaban J connectivity index is 1.28. The molecule has 238 valence electrons. The maximum Gasteiger partial charge on any atom is 0.0640 e. The maximum absolute atomic E-state index is 2.51. The van der Waals surface area contributed by atoms with Crippen molar-refractivity contribution in [1.82, 2.24) is 4.57 Å². The highest BCUT2D eigenvalue weighted by molar-refractivity contribution is 7.26. The average molecular weight is 667 g/mol. The number of nitrogens with zero attached hydrogens (tertiary/aromatic N) is 2. The molecule has 0 unspecified atom stereocenters. The Morgan fingerprint density at radius 1 is 0.392 bits per heavy atom. The number of hydrogen-bond donors (Lipinski definition) is 0. The molecule has 0 atom stereocenters. The largest absolute Gasteiger partial charge is 0.309 e. The van der Waals surface area contributed by atoms with Gasteiger partial charge in [-0.25, -0.2) is 0 Å². The van der Waals surface area contributed by atoms with E-state index < -0.39 is 0 Å². The summed E-state index contributed by atoms with van der Waals surface area (Å²) in [7, 11) is 0. The van der Waals surface area contributed by atoms with Crippen LogP contribution in [0.25, 0.3) is 80.0 Å². The molecule has 9 aromatic carbocycles. The third-order valence-electron chi connectivity index (χ3n) is 10.5. The lowest BCUT2D eigenvalue weighted by Gasteiger charge is -2.28. The number of benzene rings is 9. The van der Waals surface area contributed by atoms with Gasteiger partial charge in [-0.3, -0.25) is 0 Å². The van der Waals surface area contributed by atoms with Crippen molar-refractivity contribution in [3.8, 4) is 5.69 Å². The van der Waals surface area contributed by atoms with Crippen LogP contribution in [0.4, 0.5) is 17.1 Å². The van der Waals surface area contributed by atoms with Crippen molar-refractivity contribution in [2.75, 3.05) is 4.90 Å². The van der Waals surface area contributed by atoms with Gasteiger partial charge >= 0.3 is 0 Å². The first-order chi connectivity index (χ1) is 25.3. The summed E-state index contributed by atoms with van der Waals surface area (Å²) in [4.78, 5) is 2.51. The quantitative estimate of drug-likeness (QED) is 0.170. The minimum atomic E-state index is 1.12. The average Bonchev–Trinajstić information content (AvgIpc) is 3.74. The summed E-state index contributed by atoms with van der Waals surface area (Å²) in [6.45, 7) is 0.